The third kappa shape index (κ3) is 3.18. The van der Waals surface area contributed by atoms with E-state index in [0.29, 0.717) is 12.0 Å². The van der Waals surface area contributed by atoms with Gasteiger partial charge in [-0.15, -0.1) is 0 Å². The minimum atomic E-state index is -0.117. The fourth-order valence-corrected chi connectivity index (χ4v) is 2.67. The zero-order valence-corrected chi connectivity index (χ0v) is 13.2. The minimum absolute atomic E-state index is 0.117. The molecule has 0 aliphatic carbocycles. The molecule has 0 amide bonds. The maximum Gasteiger partial charge on any atom is 0.216 e. The van der Waals surface area contributed by atoms with Crippen LogP contribution in [0.5, 0.6) is 11.5 Å². The highest BCUT2D eigenvalue weighted by Crippen LogP contribution is 2.30. The molecule has 1 atom stereocenters. The minimum Gasteiger partial charge on any atom is -0.507 e. The lowest BCUT2D eigenvalue weighted by Gasteiger charge is -2.20. The third-order valence-electron chi connectivity index (χ3n) is 3.89. The molecule has 23 heavy (non-hydrogen) atoms. The standard InChI is InChI=1S/C18H19N3O2/c1-11-3-8-17(22)14(9-11)16-10-15(20-18(19)21-16)12-4-6-13(23-2)7-5-12/h3-9,15,22H,10H2,1-2H3,(H2,19,20)/t15-/m0/s1. The smallest absolute Gasteiger partial charge is 0.216 e. The van der Waals surface area contributed by atoms with Gasteiger partial charge in [0.1, 0.15) is 11.5 Å². The summed E-state index contributed by atoms with van der Waals surface area (Å²) in [6.45, 7) is 1.98. The second-order valence-electron chi connectivity index (χ2n) is 5.56. The van der Waals surface area contributed by atoms with Crippen molar-refractivity contribution in [3.05, 3.63) is 59.2 Å². The molecule has 3 N–H and O–H groups in total. The monoisotopic (exact) mass is 309 g/mol. The lowest BCUT2D eigenvalue weighted by atomic mass is 9.95. The number of rotatable bonds is 3. The van der Waals surface area contributed by atoms with Crippen LogP contribution in [-0.2, 0) is 0 Å². The molecule has 5 heteroatoms. The normalized spacial score (nSPS) is 17.4. The summed E-state index contributed by atoms with van der Waals surface area (Å²) in [5.74, 6) is 1.23. The molecule has 0 saturated carbocycles. The van der Waals surface area contributed by atoms with Gasteiger partial charge in [-0.2, -0.15) is 0 Å². The van der Waals surface area contributed by atoms with E-state index in [1.165, 1.54) is 0 Å². The van der Waals surface area contributed by atoms with E-state index in [0.717, 1.165) is 22.6 Å². The molecule has 0 spiro atoms. The van der Waals surface area contributed by atoms with Crippen LogP contribution < -0.4 is 10.5 Å². The summed E-state index contributed by atoms with van der Waals surface area (Å²) in [5, 5.41) is 10.1. The summed E-state index contributed by atoms with van der Waals surface area (Å²) >= 11 is 0. The predicted octanol–water partition coefficient (Wildman–Crippen LogP) is 2.96. The Morgan fingerprint density at radius 3 is 2.61 bits per heavy atom. The van der Waals surface area contributed by atoms with Gasteiger partial charge in [-0.05, 0) is 36.8 Å². The number of benzene rings is 2. The van der Waals surface area contributed by atoms with E-state index in [1.54, 1.807) is 13.2 Å². The van der Waals surface area contributed by atoms with Crippen LogP contribution in [0.15, 0.2) is 52.4 Å². The van der Waals surface area contributed by atoms with Crippen molar-refractivity contribution >= 4 is 11.7 Å². The molecule has 5 nitrogen and oxygen atoms in total. The molecule has 1 aliphatic rings. The highest BCUT2D eigenvalue weighted by molar-refractivity contribution is 6.10. The number of guanidine groups is 1. The zero-order chi connectivity index (χ0) is 16.4. The lowest BCUT2D eigenvalue weighted by molar-refractivity contribution is 0.414. The number of phenols is 1. The lowest BCUT2D eigenvalue weighted by Crippen LogP contribution is -2.21. The Bertz CT molecular complexity index is 779. The van der Waals surface area contributed by atoms with Gasteiger partial charge in [0.25, 0.3) is 0 Å². The second kappa shape index (κ2) is 6.12. The van der Waals surface area contributed by atoms with Gasteiger partial charge in [0, 0.05) is 12.0 Å². The maximum atomic E-state index is 10.1. The van der Waals surface area contributed by atoms with Crippen LogP contribution >= 0.6 is 0 Å². The topological polar surface area (TPSA) is 80.2 Å². The van der Waals surface area contributed by atoms with Gasteiger partial charge in [0.2, 0.25) is 5.96 Å². The number of aliphatic imine (C=N–C) groups is 2. The van der Waals surface area contributed by atoms with Crippen LogP contribution in [0.25, 0.3) is 0 Å². The summed E-state index contributed by atoms with van der Waals surface area (Å²) in [5.41, 5.74) is 9.44. The SMILES string of the molecule is COc1ccc([C@@H]2CC(c3cc(C)ccc3O)=NC(N)=N2)cc1. The van der Waals surface area contributed by atoms with E-state index in [2.05, 4.69) is 9.98 Å². The van der Waals surface area contributed by atoms with Gasteiger partial charge in [-0.3, -0.25) is 0 Å². The van der Waals surface area contributed by atoms with Crippen LogP contribution in [0.4, 0.5) is 0 Å². The Labute approximate surface area is 135 Å². The van der Waals surface area contributed by atoms with Crippen LogP contribution in [0.1, 0.15) is 29.2 Å². The van der Waals surface area contributed by atoms with Crippen LogP contribution in [0.2, 0.25) is 0 Å². The van der Waals surface area contributed by atoms with Gasteiger partial charge < -0.3 is 15.6 Å². The molecular formula is C18H19N3O2. The predicted molar refractivity (Wildman–Crippen MR) is 91.4 cm³/mol. The van der Waals surface area contributed by atoms with E-state index >= 15 is 0 Å². The first-order valence-electron chi connectivity index (χ1n) is 7.41. The number of aromatic hydroxyl groups is 1. The Morgan fingerprint density at radius 2 is 1.91 bits per heavy atom. The van der Waals surface area contributed by atoms with Gasteiger partial charge in [0.05, 0.1) is 18.9 Å². The summed E-state index contributed by atoms with van der Waals surface area (Å²) in [6, 6.07) is 13.1. The summed E-state index contributed by atoms with van der Waals surface area (Å²) in [4.78, 5) is 8.74. The van der Waals surface area contributed by atoms with Gasteiger partial charge in [-0.25, -0.2) is 9.98 Å². The number of phenolic OH excluding ortho intramolecular Hbond substituents is 1. The van der Waals surface area contributed by atoms with Gasteiger partial charge in [-0.1, -0.05) is 23.8 Å². The summed E-state index contributed by atoms with van der Waals surface area (Å²) in [6.07, 6.45) is 0.587. The molecular weight excluding hydrogens is 290 g/mol. The average molecular weight is 309 g/mol. The van der Waals surface area contributed by atoms with Crippen LogP contribution in [-0.4, -0.2) is 23.9 Å². The van der Waals surface area contributed by atoms with Crippen molar-refractivity contribution in [3.8, 4) is 11.5 Å². The van der Waals surface area contributed by atoms with Gasteiger partial charge >= 0.3 is 0 Å². The Hall–Kier alpha value is -2.82. The average Bonchev–Trinajstić information content (AvgIpc) is 2.56. The molecule has 0 saturated heterocycles. The van der Waals surface area contributed by atoms with E-state index in [9.17, 15) is 5.11 Å². The number of methoxy groups -OCH3 is 1. The molecule has 2 aromatic carbocycles. The number of hydrogen-bond acceptors (Lipinski definition) is 5. The van der Waals surface area contributed by atoms with E-state index < -0.39 is 0 Å². The Morgan fingerprint density at radius 1 is 1.17 bits per heavy atom. The van der Waals surface area contributed by atoms with E-state index in [-0.39, 0.29) is 17.8 Å². The van der Waals surface area contributed by atoms with Crippen LogP contribution in [0, 0.1) is 6.92 Å². The maximum absolute atomic E-state index is 10.1. The fourth-order valence-electron chi connectivity index (χ4n) is 2.67. The van der Waals surface area contributed by atoms with E-state index in [1.807, 2.05) is 43.3 Å². The van der Waals surface area contributed by atoms with Crippen LogP contribution in [0.3, 0.4) is 0 Å². The third-order valence-corrected chi connectivity index (χ3v) is 3.89. The molecule has 0 bridgehead atoms. The van der Waals surface area contributed by atoms with Crippen molar-refractivity contribution in [2.45, 2.75) is 19.4 Å². The van der Waals surface area contributed by atoms with Crippen molar-refractivity contribution < 1.29 is 9.84 Å². The molecule has 118 valence electrons. The highest BCUT2D eigenvalue weighted by Gasteiger charge is 2.22. The molecule has 1 heterocycles. The molecule has 0 radical (unpaired) electrons. The number of nitrogens with zero attached hydrogens (tertiary/aromatic N) is 2. The number of nitrogens with two attached hydrogens (primary N) is 1. The second-order valence-corrected chi connectivity index (χ2v) is 5.56. The number of hydrogen-bond donors (Lipinski definition) is 2. The Balaban J connectivity index is 1.93. The molecule has 0 aromatic heterocycles. The summed E-state index contributed by atoms with van der Waals surface area (Å²) < 4.78 is 5.18. The number of ether oxygens (including phenoxy) is 1. The molecule has 2 aromatic rings. The first kappa shape index (κ1) is 15.1. The molecule has 1 aliphatic heterocycles. The highest BCUT2D eigenvalue weighted by atomic mass is 16.5. The largest absolute Gasteiger partial charge is 0.507 e. The zero-order valence-electron chi connectivity index (χ0n) is 13.2. The molecule has 3 rings (SSSR count). The Kier molecular flexibility index (Phi) is 4.02. The summed E-state index contributed by atoms with van der Waals surface area (Å²) in [7, 11) is 1.64. The quantitative estimate of drug-likeness (QED) is 0.914. The fraction of sp³-hybridized carbons (Fsp3) is 0.222. The van der Waals surface area contributed by atoms with Crippen molar-refractivity contribution in [2.75, 3.05) is 7.11 Å². The molecule has 0 unspecified atom stereocenters. The van der Waals surface area contributed by atoms with Gasteiger partial charge in [0.15, 0.2) is 0 Å². The molecule has 0 fully saturated rings. The van der Waals surface area contributed by atoms with Crippen molar-refractivity contribution in [3.63, 3.8) is 0 Å². The first-order chi connectivity index (χ1) is 11.1. The van der Waals surface area contributed by atoms with Crippen molar-refractivity contribution in [1.82, 2.24) is 0 Å². The number of aryl methyl sites for hydroxylation is 1. The van der Waals surface area contributed by atoms with Crippen molar-refractivity contribution in [2.24, 2.45) is 15.7 Å². The first-order valence-corrected chi connectivity index (χ1v) is 7.41. The van der Waals surface area contributed by atoms with Crippen molar-refractivity contribution in [1.29, 1.82) is 0 Å². The van der Waals surface area contributed by atoms with E-state index in [4.69, 9.17) is 10.5 Å².